The van der Waals surface area contributed by atoms with Gasteiger partial charge in [-0.2, -0.15) is 5.26 Å². The van der Waals surface area contributed by atoms with Crippen LogP contribution in [0.5, 0.6) is 0 Å². The maximum Gasteiger partial charge on any atom is 0.183 e. The second-order valence-electron chi connectivity index (χ2n) is 2.14. The van der Waals surface area contributed by atoms with Gasteiger partial charge >= 0.3 is 0 Å². The molecule has 1 aromatic rings. The van der Waals surface area contributed by atoms with Crippen LogP contribution in [0, 0.1) is 11.3 Å². The van der Waals surface area contributed by atoms with Crippen molar-refractivity contribution < 1.29 is 0 Å². The molecule has 0 saturated heterocycles. The molecule has 0 spiro atoms. The van der Waals surface area contributed by atoms with Crippen molar-refractivity contribution in [1.29, 1.82) is 5.26 Å². The Morgan fingerprint density at radius 2 is 2.42 bits per heavy atom. The Kier molecular flexibility index (Phi) is 2.38. The first kappa shape index (κ1) is 8.21. The van der Waals surface area contributed by atoms with Gasteiger partial charge < -0.3 is 5.73 Å². The lowest BCUT2D eigenvalue weighted by Gasteiger charge is -1.95. The number of hydrogen-bond donors (Lipinski definition) is 1. The minimum absolute atomic E-state index is 0.172. The van der Waals surface area contributed by atoms with Crippen molar-refractivity contribution >= 4 is 11.9 Å². The molecule has 0 aromatic carbocycles. The number of nitriles is 1. The van der Waals surface area contributed by atoms with Crippen LogP contribution in [-0.2, 0) is 0 Å². The number of rotatable bonds is 1. The van der Waals surface area contributed by atoms with E-state index in [0.29, 0.717) is 5.69 Å². The van der Waals surface area contributed by atoms with E-state index in [1.807, 2.05) is 19.1 Å². The summed E-state index contributed by atoms with van der Waals surface area (Å²) in [6, 6.07) is 1.86. The quantitative estimate of drug-likeness (QED) is 0.664. The zero-order chi connectivity index (χ0) is 8.97. The van der Waals surface area contributed by atoms with E-state index < -0.39 is 0 Å². The van der Waals surface area contributed by atoms with E-state index >= 15 is 0 Å². The highest BCUT2D eigenvalue weighted by Crippen LogP contribution is 2.04. The van der Waals surface area contributed by atoms with Crippen LogP contribution >= 0.6 is 0 Å². The number of allylic oxidation sites excluding steroid dienone is 1. The van der Waals surface area contributed by atoms with Gasteiger partial charge in [0.15, 0.2) is 11.5 Å². The van der Waals surface area contributed by atoms with Crippen molar-refractivity contribution in [2.75, 3.05) is 5.73 Å². The summed E-state index contributed by atoms with van der Waals surface area (Å²) in [4.78, 5) is 7.76. The fourth-order valence-electron chi connectivity index (χ4n) is 0.745. The van der Waals surface area contributed by atoms with E-state index in [0.717, 1.165) is 0 Å². The van der Waals surface area contributed by atoms with Crippen molar-refractivity contribution in [3.05, 3.63) is 23.7 Å². The summed E-state index contributed by atoms with van der Waals surface area (Å²) >= 11 is 0. The molecule has 1 heterocycles. The molecule has 0 fully saturated rings. The summed E-state index contributed by atoms with van der Waals surface area (Å²) in [7, 11) is 0. The molecule has 60 valence electrons. The zero-order valence-electron chi connectivity index (χ0n) is 6.65. The van der Waals surface area contributed by atoms with Crippen LogP contribution in [0.3, 0.4) is 0 Å². The van der Waals surface area contributed by atoms with Crippen molar-refractivity contribution in [3.63, 3.8) is 0 Å². The highest BCUT2D eigenvalue weighted by molar-refractivity contribution is 5.49. The summed E-state index contributed by atoms with van der Waals surface area (Å²) in [5.74, 6) is 0.172. The second kappa shape index (κ2) is 3.49. The van der Waals surface area contributed by atoms with E-state index in [1.54, 1.807) is 6.08 Å². The van der Waals surface area contributed by atoms with Gasteiger partial charge in [0.1, 0.15) is 6.07 Å². The summed E-state index contributed by atoms with van der Waals surface area (Å²) in [6.45, 7) is 1.87. The minimum Gasteiger partial charge on any atom is -0.381 e. The molecule has 4 heteroatoms. The Morgan fingerprint density at radius 1 is 1.67 bits per heavy atom. The molecule has 1 aromatic heterocycles. The molecule has 0 amide bonds. The predicted molar refractivity (Wildman–Crippen MR) is 45.9 cm³/mol. The maximum atomic E-state index is 8.55. The normalized spacial score (nSPS) is 10.0. The number of hydrogen-bond acceptors (Lipinski definition) is 4. The standard InChI is InChI=1S/C8H8N4/c1-2-3-6-5-11-8(10)7(4-9)12-6/h2-3,5H,1H3,(H2,10,11)/b3-2+. The van der Waals surface area contributed by atoms with Crippen molar-refractivity contribution in [3.8, 4) is 6.07 Å². The van der Waals surface area contributed by atoms with Gasteiger partial charge in [0.2, 0.25) is 0 Å². The molecule has 2 N–H and O–H groups in total. The molecular formula is C8H8N4. The summed E-state index contributed by atoms with van der Waals surface area (Å²) in [6.07, 6.45) is 5.10. The SMILES string of the molecule is C/C=C/c1cnc(N)c(C#N)n1. The van der Waals surface area contributed by atoms with Crippen LogP contribution in [0.2, 0.25) is 0 Å². The van der Waals surface area contributed by atoms with Gasteiger partial charge in [0.05, 0.1) is 11.9 Å². The van der Waals surface area contributed by atoms with Gasteiger partial charge in [-0.3, -0.25) is 0 Å². The molecule has 0 aliphatic carbocycles. The highest BCUT2D eigenvalue weighted by atomic mass is 14.9. The minimum atomic E-state index is 0.172. The summed E-state index contributed by atoms with van der Waals surface area (Å²) < 4.78 is 0. The Morgan fingerprint density at radius 3 is 3.00 bits per heavy atom. The first-order chi connectivity index (χ1) is 5.77. The van der Waals surface area contributed by atoms with Crippen LogP contribution in [0.25, 0.3) is 6.08 Å². The number of aromatic nitrogens is 2. The summed E-state index contributed by atoms with van der Waals surface area (Å²) in [5.41, 5.74) is 6.19. The van der Waals surface area contributed by atoms with Gasteiger partial charge in [-0.05, 0) is 13.0 Å². The fraction of sp³-hybridized carbons (Fsp3) is 0.125. The van der Waals surface area contributed by atoms with E-state index in [1.165, 1.54) is 6.20 Å². The second-order valence-corrected chi connectivity index (χ2v) is 2.14. The van der Waals surface area contributed by atoms with Crippen LogP contribution in [0.1, 0.15) is 18.3 Å². The third-order valence-corrected chi connectivity index (χ3v) is 1.26. The number of nitrogens with zero attached hydrogens (tertiary/aromatic N) is 3. The van der Waals surface area contributed by atoms with Crippen molar-refractivity contribution in [2.24, 2.45) is 0 Å². The molecule has 0 aliphatic rings. The Labute approximate surface area is 70.4 Å². The smallest absolute Gasteiger partial charge is 0.183 e. The maximum absolute atomic E-state index is 8.55. The molecule has 0 aliphatic heterocycles. The van der Waals surface area contributed by atoms with Gasteiger partial charge in [-0.25, -0.2) is 9.97 Å². The zero-order valence-corrected chi connectivity index (χ0v) is 6.65. The lowest BCUT2D eigenvalue weighted by atomic mass is 10.3. The van der Waals surface area contributed by atoms with Crippen molar-refractivity contribution in [2.45, 2.75) is 6.92 Å². The molecule has 12 heavy (non-hydrogen) atoms. The fourth-order valence-corrected chi connectivity index (χ4v) is 0.745. The van der Waals surface area contributed by atoms with E-state index in [4.69, 9.17) is 11.0 Å². The number of anilines is 1. The third-order valence-electron chi connectivity index (χ3n) is 1.26. The van der Waals surface area contributed by atoms with E-state index in [9.17, 15) is 0 Å². The van der Waals surface area contributed by atoms with Crippen LogP contribution in [0.4, 0.5) is 5.82 Å². The first-order valence-corrected chi connectivity index (χ1v) is 3.43. The molecule has 0 saturated carbocycles. The molecule has 0 atom stereocenters. The Bertz CT molecular complexity index is 349. The highest BCUT2D eigenvalue weighted by Gasteiger charge is 2.00. The van der Waals surface area contributed by atoms with Gasteiger partial charge in [-0.15, -0.1) is 0 Å². The van der Waals surface area contributed by atoms with E-state index in [-0.39, 0.29) is 11.5 Å². The number of nitrogen functional groups attached to an aromatic ring is 1. The molecule has 4 nitrogen and oxygen atoms in total. The predicted octanol–water partition coefficient (Wildman–Crippen LogP) is 0.964. The van der Waals surface area contributed by atoms with Crippen molar-refractivity contribution in [1.82, 2.24) is 9.97 Å². The van der Waals surface area contributed by atoms with Gasteiger partial charge in [0, 0.05) is 0 Å². The lowest BCUT2D eigenvalue weighted by molar-refractivity contribution is 1.15. The molecule has 1 rings (SSSR count). The lowest BCUT2D eigenvalue weighted by Crippen LogP contribution is -1.98. The Balaban J connectivity index is 3.16. The largest absolute Gasteiger partial charge is 0.381 e. The van der Waals surface area contributed by atoms with Crippen LogP contribution < -0.4 is 5.73 Å². The first-order valence-electron chi connectivity index (χ1n) is 3.43. The topological polar surface area (TPSA) is 75.6 Å². The average Bonchev–Trinajstić information content (AvgIpc) is 2.09. The summed E-state index contributed by atoms with van der Waals surface area (Å²) in [5, 5.41) is 8.55. The third kappa shape index (κ3) is 1.58. The van der Waals surface area contributed by atoms with Gasteiger partial charge in [-0.1, -0.05) is 6.08 Å². The molecule has 0 bridgehead atoms. The molecule has 0 unspecified atom stereocenters. The van der Waals surface area contributed by atoms with Crippen LogP contribution in [0.15, 0.2) is 12.3 Å². The number of nitrogens with two attached hydrogens (primary N) is 1. The molecular weight excluding hydrogens is 152 g/mol. The average molecular weight is 160 g/mol. The van der Waals surface area contributed by atoms with Gasteiger partial charge in [0.25, 0.3) is 0 Å². The van der Waals surface area contributed by atoms with Crippen LogP contribution in [-0.4, -0.2) is 9.97 Å². The monoisotopic (exact) mass is 160 g/mol. The molecule has 0 radical (unpaired) electrons. The Hall–Kier alpha value is -1.89. The van der Waals surface area contributed by atoms with E-state index in [2.05, 4.69) is 9.97 Å².